The molecule has 1 aliphatic heterocycles. The Hall–Kier alpha value is -2.03. The number of carbonyl (C=O) groups is 1. The molecular formula is C27H42N2O. The third-order valence-electron chi connectivity index (χ3n) is 5.85. The van der Waals surface area contributed by atoms with Crippen LogP contribution in [0.3, 0.4) is 0 Å². The van der Waals surface area contributed by atoms with E-state index in [0.717, 1.165) is 56.6 Å². The van der Waals surface area contributed by atoms with Gasteiger partial charge < -0.3 is 10.2 Å². The van der Waals surface area contributed by atoms with E-state index in [9.17, 15) is 4.79 Å². The Morgan fingerprint density at radius 3 is 2.10 bits per heavy atom. The third-order valence-corrected chi connectivity index (χ3v) is 5.85. The Labute approximate surface area is 184 Å². The summed E-state index contributed by atoms with van der Waals surface area (Å²) < 4.78 is 0. The smallest absolute Gasteiger partial charge is 0.253 e. The van der Waals surface area contributed by atoms with E-state index < -0.39 is 0 Å². The molecule has 2 rings (SSSR count). The maximum Gasteiger partial charge on any atom is 0.253 e. The summed E-state index contributed by atoms with van der Waals surface area (Å²) >= 11 is 0. The lowest BCUT2D eigenvalue weighted by atomic mass is 10.1. The van der Waals surface area contributed by atoms with Crippen molar-refractivity contribution in [2.24, 2.45) is 0 Å². The number of hydrogen-bond acceptors (Lipinski definition) is 2. The minimum absolute atomic E-state index is 0.180. The van der Waals surface area contributed by atoms with Crippen molar-refractivity contribution in [3.05, 3.63) is 54.6 Å². The summed E-state index contributed by atoms with van der Waals surface area (Å²) in [6.07, 6.45) is 22.9. The zero-order chi connectivity index (χ0) is 21.3. The maximum atomic E-state index is 12.5. The lowest BCUT2D eigenvalue weighted by Gasteiger charge is -2.26. The Morgan fingerprint density at radius 2 is 1.43 bits per heavy atom. The molecule has 1 aromatic rings. The van der Waals surface area contributed by atoms with Crippen LogP contribution in [0.4, 0.5) is 5.69 Å². The van der Waals surface area contributed by atoms with Crippen molar-refractivity contribution < 1.29 is 4.79 Å². The van der Waals surface area contributed by atoms with Crippen molar-refractivity contribution in [1.29, 1.82) is 0 Å². The molecule has 3 heteroatoms. The van der Waals surface area contributed by atoms with Gasteiger partial charge in [-0.25, -0.2) is 0 Å². The van der Waals surface area contributed by atoms with Gasteiger partial charge in [0.25, 0.3) is 5.91 Å². The SMILES string of the molecule is C=CCCCCCCCC/C=C/CCCNc1ccc(C(=O)N2CCCCC2)cc1. The van der Waals surface area contributed by atoms with E-state index in [1.807, 2.05) is 35.2 Å². The molecule has 1 amide bonds. The molecule has 3 nitrogen and oxygen atoms in total. The molecule has 166 valence electrons. The first kappa shape index (κ1) is 24.2. The Morgan fingerprint density at radius 1 is 0.833 bits per heavy atom. The lowest BCUT2D eigenvalue weighted by molar-refractivity contribution is 0.0724. The van der Waals surface area contributed by atoms with Crippen LogP contribution in [0.1, 0.15) is 93.8 Å². The molecule has 1 aromatic carbocycles. The standard InChI is InChI=1S/C27H42N2O/c1-2-3-4-5-6-7-8-9-10-11-12-13-15-22-28-26-20-18-25(19-21-26)27(30)29-23-16-14-17-24-29/h2,11-12,18-21,28H,1,3-10,13-17,22-24H2/b12-11+. The minimum atomic E-state index is 0.180. The van der Waals surface area contributed by atoms with Gasteiger partial charge in [-0.05, 0) is 82.1 Å². The number of nitrogens with one attached hydrogen (secondary N) is 1. The second-order valence-electron chi connectivity index (χ2n) is 8.46. The van der Waals surface area contributed by atoms with Gasteiger partial charge in [-0.3, -0.25) is 4.79 Å². The van der Waals surface area contributed by atoms with E-state index in [1.165, 1.54) is 57.8 Å². The number of rotatable bonds is 15. The largest absolute Gasteiger partial charge is 0.385 e. The summed E-state index contributed by atoms with van der Waals surface area (Å²) in [4.78, 5) is 14.5. The predicted molar refractivity (Wildman–Crippen MR) is 130 cm³/mol. The summed E-state index contributed by atoms with van der Waals surface area (Å²) in [7, 11) is 0. The average Bonchev–Trinajstić information content (AvgIpc) is 2.80. The third kappa shape index (κ3) is 10.1. The van der Waals surface area contributed by atoms with Crippen molar-refractivity contribution in [2.45, 2.75) is 83.5 Å². The van der Waals surface area contributed by atoms with Gasteiger partial charge >= 0.3 is 0 Å². The molecule has 1 fully saturated rings. The van der Waals surface area contributed by atoms with Crippen LogP contribution in [-0.4, -0.2) is 30.4 Å². The molecule has 0 radical (unpaired) electrons. The van der Waals surface area contributed by atoms with Crippen LogP contribution < -0.4 is 5.32 Å². The molecule has 0 spiro atoms. The first-order valence-electron chi connectivity index (χ1n) is 12.2. The quantitative estimate of drug-likeness (QED) is 0.242. The number of likely N-dealkylation sites (tertiary alicyclic amines) is 1. The average molecular weight is 411 g/mol. The van der Waals surface area contributed by atoms with E-state index in [2.05, 4.69) is 24.0 Å². The number of anilines is 1. The zero-order valence-corrected chi connectivity index (χ0v) is 18.9. The van der Waals surface area contributed by atoms with Crippen molar-refractivity contribution in [2.75, 3.05) is 25.0 Å². The molecule has 1 aliphatic rings. The second-order valence-corrected chi connectivity index (χ2v) is 8.46. The zero-order valence-electron chi connectivity index (χ0n) is 18.9. The van der Waals surface area contributed by atoms with Gasteiger partial charge in [0.2, 0.25) is 0 Å². The van der Waals surface area contributed by atoms with E-state index in [1.54, 1.807) is 0 Å². The number of hydrogen-bond donors (Lipinski definition) is 1. The van der Waals surface area contributed by atoms with E-state index in [0.29, 0.717) is 0 Å². The highest BCUT2D eigenvalue weighted by Gasteiger charge is 2.17. The predicted octanol–water partition coefficient (Wildman–Crippen LogP) is 7.37. The topological polar surface area (TPSA) is 32.3 Å². The van der Waals surface area contributed by atoms with Crippen molar-refractivity contribution in [1.82, 2.24) is 4.90 Å². The maximum absolute atomic E-state index is 12.5. The molecule has 0 bridgehead atoms. The molecule has 0 saturated carbocycles. The molecule has 0 aromatic heterocycles. The summed E-state index contributed by atoms with van der Waals surface area (Å²) in [5, 5.41) is 3.47. The van der Waals surface area contributed by atoms with Gasteiger partial charge in [0.15, 0.2) is 0 Å². The summed E-state index contributed by atoms with van der Waals surface area (Å²) in [6, 6.07) is 7.98. The highest BCUT2D eigenvalue weighted by Crippen LogP contribution is 2.16. The highest BCUT2D eigenvalue weighted by atomic mass is 16.2. The highest BCUT2D eigenvalue weighted by molar-refractivity contribution is 5.94. The molecule has 0 aliphatic carbocycles. The van der Waals surface area contributed by atoms with Gasteiger partial charge in [-0.1, -0.05) is 43.9 Å². The normalized spacial score (nSPS) is 14.2. The first-order valence-corrected chi connectivity index (χ1v) is 12.2. The van der Waals surface area contributed by atoms with Crippen LogP contribution in [0.25, 0.3) is 0 Å². The van der Waals surface area contributed by atoms with Gasteiger partial charge in [0.1, 0.15) is 0 Å². The molecule has 30 heavy (non-hydrogen) atoms. The van der Waals surface area contributed by atoms with Gasteiger partial charge in [-0.2, -0.15) is 0 Å². The number of allylic oxidation sites excluding steroid dienone is 3. The van der Waals surface area contributed by atoms with Gasteiger partial charge in [0, 0.05) is 30.9 Å². The molecule has 1 heterocycles. The number of amides is 1. The molecular weight excluding hydrogens is 368 g/mol. The Balaban J connectivity index is 1.48. The van der Waals surface area contributed by atoms with E-state index >= 15 is 0 Å². The lowest BCUT2D eigenvalue weighted by Crippen LogP contribution is -2.35. The Kier molecular flexibility index (Phi) is 12.7. The monoisotopic (exact) mass is 410 g/mol. The fourth-order valence-corrected chi connectivity index (χ4v) is 3.96. The summed E-state index contributed by atoms with van der Waals surface area (Å²) in [5.74, 6) is 0.180. The van der Waals surface area contributed by atoms with Crippen LogP contribution in [0.5, 0.6) is 0 Å². The van der Waals surface area contributed by atoms with Crippen molar-refractivity contribution >= 4 is 11.6 Å². The number of carbonyl (C=O) groups excluding carboxylic acids is 1. The van der Waals surface area contributed by atoms with E-state index in [4.69, 9.17) is 0 Å². The van der Waals surface area contributed by atoms with Crippen LogP contribution in [-0.2, 0) is 0 Å². The number of piperidine rings is 1. The molecule has 0 atom stereocenters. The fraction of sp³-hybridized carbons (Fsp3) is 0.593. The van der Waals surface area contributed by atoms with Crippen molar-refractivity contribution in [3.63, 3.8) is 0 Å². The molecule has 1 saturated heterocycles. The summed E-state index contributed by atoms with van der Waals surface area (Å²) in [5.41, 5.74) is 1.91. The summed E-state index contributed by atoms with van der Waals surface area (Å²) in [6.45, 7) is 6.55. The number of benzene rings is 1. The van der Waals surface area contributed by atoms with E-state index in [-0.39, 0.29) is 5.91 Å². The van der Waals surface area contributed by atoms with Gasteiger partial charge in [-0.15, -0.1) is 6.58 Å². The molecule has 0 unspecified atom stereocenters. The van der Waals surface area contributed by atoms with Crippen LogP contribution >= 0.6 is 0 Å². The van der Waals surface area contributed by atoms with Gasteiger partial charge in [0.05, 0.1) is 0 Å². The van der Waals surface area contributed by atoms with Crippen LogP contribution in [0.15, 0.2) is 49.1 Å². The number of unbranched alkanes of at least 4 members (excludes halogenated alkanes) is 8. The first-order chi connectivity index (χ1) is 14.8. The van der Waals surface area contributed by atoms with Crippen LogP contribution in [0, 0.1) is 0 Å². The fourth-order valence-electron chi connectivity index (χ4n) is 3.96. The number of nitrogens with zero attached hydrogens (tertiary/aromatic N) is 1. The van der Waals surface area contributed by atoms with Crippen LogP contribution in [0.2, 0.25) is 0 Å². The second kappa shape index (κ2) is 15.8. The Bertz CT molecular complexity index is 614. The molecule has 1 N–H and O–H groups in total. The minimum Gasteiger partial charge on any atom is -0.385 e. The van der Waals surface area contributed by atoms with Crippen molar-refractivity contribution in [3.8, 4) is 0 Å².